The van der Waals surface area contributed by atoms with Crippen LogP contribution in [0.15, 0.2) is 17.1 Å². The van der Waals surface area contributed by atoms with Crippen LogP contribution in [0.25, 0.3) is 10.9 Å². The van der Waals surface area contributed by atoms with Crippen LogP contribution < -0.4 is 15.1 Å². The van der Waals surface area contributed by atoms with E-state index < -0.39 is 35.0 Å². The third-order valence-electron chi connectivity index (χ3n) is 5.17. The number of pyridine rings is 1. The van der Waals surface area contributed by atoms with E-state index in [9.17, 15) is 19.1 Å². The largest absolute Gasteiger partial charge is 0.514 e. The molecule has 8 nitrogen and oxygen atoms in total. The molecule has 0 bridgehead atoms. The predicted octanol–water partition coefficient (Wildman–Crippen LogP) is 1.60. The minimum Gasteiger partial charge on any atom is -0.431 e. The topological polar surface area (TPSA) is 95.1 Å². The van der Waals surface area contributed by atoms with Crippen LogP contribution in [0.4, 0.5) is 19.3 Å². The molecule has 0 radical (unpaired) electrons. The van der Waals surface area contributed by atoms with E-state index in [2.05, 4.69) is 4.98 Å². The van der Waals surface area contributed by atoms with Crippen molar-refractivity contribution < 1.29 is 28.2 Å². The van der Waals surface area contributed by atoms with E-state index in [0.717, 1.165) is 25.1 Å². The monoisotopic (exact) mass is 409 g/mol. The molecule has 2 aliphatic rings. The first kappa shape index (κ1) is 19.6. The van der Waals surface area contributed by atoms with Gasteiger partial charge in [-0.15, -0.1) is 0 Å². The van der Waals surface area contributed by atoms with Crippen molar-refractivity contribution in [3.05, 3.63) is 34.1 Å². The molecule has 0 amide bonds. The first-order chi connectivity index (χ1) is 13.9. The van der Waals surface area contributed by atoms with Crippen LogP contribution >= 0.6 is 0 Å². The molecular formula is C19H21F2N3O5. The van der Waals surface area contributed by atoms with Gasteiger partial charge in [0.2, 0.25) is 5.43 Å². The molecule has 156 valence electrons. The summed E-state index contributed by atoms with van der Waals surface area (Å²) >= 11 is 0. The van der Waals surface area contributed by atoms with Crippen molar-refractivity contribution in [2.75, 3.05) is 38.2 Å². The maximum Gasteiger partial charge on any atom is 0.514 e. The number of hydrogen-bond acceptors (Lipinski definition) is 7. The lowest BCUT2D eigenvalue weighted by atomic mass is 10.1. The minimum atomic E-state index is -1.03. The Kier molecular flexibility index (Phi) is 5.13. The second-order valence-electron chi connectivity index (χ2n) is 7.39. The van der Waals surface area contributed by atoms with E-state index in [0.29, 0.717) is 19.6 Å². The van der Waals surface area contributed by atoms with E-state index in [1.165, 1.54) is 4.90 Å². The number of ether oxygens (including phenoxy) is 2. The van der Waals surface area contributed by atoms with Gasteiger partial charge in [0.15, 0.2) is 11.6 Å². The van der Waals surface area contributed by atoms with Crippen LogP contribution in [-0.2, 0) is 4.74 Å². The molecule has 2 fully saturated rings. The van der Waals surface area contributed by atoms with Crippen LogP contribution in [0.5, 0.6) is 5.75 Å². The Morgan fingerprint density at radius 1 is 1.34 bits per heavy atom. The molecule has 1 saturated heterocycles. The Morgan fingerprint density at radius 3 is 2.79 bits per heavy atom. The van der Waals surface area contributed by atoms with E-state index >= 15 is 4.39 Å². The molecule has 1 unspecified atom stereocenters. The number of aromatic nitrogens is 1. The van der Waals surface area contributed by atoms with Crippen LogP contribution in [0, 0.1) is 11.6 Å². The zero-order valence-electron chi connectivity index (χ0n) is 15.8. The van der Waals surface area contributed by atoms with Crippen molar-refractivity contribution in [3.8, 4) is 5.75 Å². The first-order valence-corrected chi connectivity index (χ1v) is 9.37. The average molecular weight is 409 g/mol. The number of hydrogen-bond donors (Lipinski definition) is 2. The van der Waals surface area contributed by atoms with Crippen molar-refractivity contribution in [1.29, 1.82) is 0 Å². The Morgan fingerprint density at radius 2 is 2.10 bits per heavy atom. The van der Waals surface area contributed by atoms with E-state index in [4.69, 9.17) is 9.47 Å². The summed E-state index contributed by atoms with van der Waals surface area (Å²) < 4.78 is 39.9. The van der Waals surface area contributed by atoms with Gasteiger partial charge >= 0.3 is 6.16 Å². The number of anilines is 1. The third kappa shape index (κ3) is 3.77. The highest BCUT2D eigenvalue weighted by atomic mass is 19.1. The normalized spacial score (nSPS) is 20.1. The predicted molar refractivity (Wildman–Crippen MR) is 100 cm³/mol. The average Bonchev–Trinajstić information content (AvgIpc) is 3.49. The highest BCUT2D eigenvalue weighted by Gasteiger charge is 2.31. The number of aromatic amines is 1. The van der Waals surface area contributed by atoms with Gasteiger partial charge in [-0.25, -0.2) is 13.6 Å². The fraction of sp³-hybridized carbons (Fsp3) is 0.474. The molecule has 1 saturated carbocycles. The number of likely N-dealkylation sites (N-methyl/N-ethyl adjacent to an activating group) is 1. The zero-order chi connectivity index (χ0) is 20.7. The quantitative estimate of drug-likeness (QED) is 0.741. The molecule has 1 aromatic carbocycles. The number of carbonyl (C=O) groups is 1. The van der Waals surface area contributed by atoms with E-state index in [1.807, 2.05) is 11.9 Å². The second kappa shape index (κ2) is 7.60. The molecule has 1 aliphatic heterocycles. The number of aliphatic hydroxyl groups is 1. The summed E-state index contributed by atoms with van der Waals surface area (Å²) in [5.41, 5.74) is -1.33. The zero-order valence-corrected chi connectivity index (χ0v) is 15.8. The van der Waals surface area contributed by atoms with Gasteiger partial charge in [-0.1, -0.05) is 0 Å². The number of halogens is 2. The van der Waals surface area contributed by atoms with Gasteiger partial charge in [-0.2, -0.15) is 0 Å². The summed E-state index contributed by atoms with van der Waals surface area (Å²) in [7, 11) is 1.86. The van der Waals surface area contributed by atoms with Crippen molar-refractivity contribution in [2.45, 2.75) is 25.0 Å². The summed E-state index contributed by atoms with van der Waals surface area (Å²) in [6.07, 6.45) is 1.30. The fourth-order valence-electron chi connectivity index (χ4n) is 3.50. The Hall–Kier alpha value is -2.72. The lowest BCUT2D eigenvalue weighted by Crippen LogP contribution is -2.54. The maximum atomic E-state index is 15.2. The number of fused-ring (bicyclic) bond motifs is 1. The van der Waals surface area contributed by atoms with Crippen LogP contribution in [0.1, 0.15) is 12.8 Å². The van der Waals surface area contributed by atoms with Gasteiger partial charge in [0.1, 0.15) is 17.6 Å². The molecule has 2 heterocycles. The molecule has 1 aromatic heterocycles. The van der Waals surface area contributed by atoms with Gasteiger partial charge in [0, 0.05) is 25.8 Å². The highest BCUT2D eigenvalue weighted by molar-refractivity contribution is 5.85. The summed E-state index contributed by atoms with van der Waals surface area (Å²) in [4.78, 5) is 30.2. The van der Waals surface area contributed by atoms with Gasteiger partial charge in [-0.05, 0) is 26.0 Å². The Balaban J connectivity index is 1.71. The number of piperazine rings is 1. The molecule has 1 atom stereocenters. The molecule has 4 rings (SSSR count). The van der Waals surface area contributed by atoms with Crippen molar-refractivity contribution in [1.82, 2.24) is 9.88 Å². The molecule has 0 spiro atoms. The highest BCUT2D eigenvalue weighted by Crippen LogP contribution is 2.32. The summed E-state index contributed by atoms with van der Waals surface area (Å²) in [6.45, 7) is 1.06. The van der Waals surface area contributed by atoms with Crippen molar-refractivity contribution in [2.24, 2.45) is 0 Å². The number of rotatable bonds is 4. The number of nitrogens with one attached hydrogen (secondary N) is 1. The molecule has 29 heavy (non-hydrogen) atoms. The maximum absolute atomic E-state index is 15.2. The number of aliphatic hydroxyl groups excluding tert-OH is 1. The van der Waals surface area contributed by atoms with Gasteiger partial charge in [-0.3, -0.25) is 4.79 Å². The number of carbonyl (C=O) groups excluding carboxylic acids is 1. The smallest absolute Gasteiger partial charge is 0.431 e. The second-order valence-corrected chi connectivity index (χ2v) is 7.39. The summed E-state index contributed by atoms with van der Waals surface area (Å²) in [5.74, 6) is -2.27. The molecule has 10 heteroatoms. The van der Waals surface area contributed by atoms with Gasteiger partial charge in [0.05, 0.1) is 23.6 Å². The summed E-state index contributed by atoms with van der Waals surface area (Å²) in [5, 5.41) is 9.35. The standard InChI is InChI=1S/C19H21F2N3O5/c1-23-4-5-24(10(8-23)9-25)17-13(20)6-12-16(15(17)21)22-7-14(18(12)26)29-19(27)28-11-2-3-11/h6-7,10-11,25H,2-5,8-9H2,1H3,(H,22,26). The molecular weight excluding hydrogens is 388 g/mol. The van der Waals surface area contributed by atoms with E-state index in [1.54, 1.807) is 0 Å². The summed E-state index contributed by atoms with van der Waals surface area (Å²) in [6, 6.07) is 0.431. The van der Waals surface area contributed by atoms with Crippen molar-refractivity contribution >= 4 is 22.7 Å². The Bertz CT molecular complexity index is 1010. The van der Waals surface area contributed by atoms with Crippen LogP contribution in [-0.4, -0.2) is 66.6 Å². The number of benzene rings is 1. The third-order valence-corrected chi connectivity index (χ3v) is 5.17. The lowest BCUT2D eigenvalue weighted by molar-refractivity contribution is 0.0921. The van der Waals surface area contributed by atoms with E-state index in [-0.39, 0.29) is 29.3 Å². The number of nitrogens with zero attached hydrogens (tertiary/aromatic N) is 2. The molecule has 2 aromatic rings. The molecule has 1 aliphatic carbocycles. The first-order valence-electron chi connectivity index (χ1n) is 9.37. The molecule has 2 N–H and O–H groups in total. The van der Waals surface area contributed by atoms with Gasteiger partial charge < -0.3 is 29.4 Å². The number of H-pyrrole nitrogens is 1. The van der Waals surface area contributed by atoms with Crippen molar-refractivity contribution in [3.63, 3.8) is 0 Å². The van der Waals surface area contributed by atoms with Crippen LogP contribution in [0.2, 0.25) is 0 Å². The van der Waals surface area contributed by atoms with Gasteiger partial charge in [0.25, 0.3) is 0 Å². The SMILES string of the molecule is CN1CCN(c2c(F)cc3c(=O)c(OC(=O)OC4CC4)c[nH]c3c2F)C(CO)C1. The Labute approximate surface area is 164 Å². The fourth-order valence-corrected chi connectivity index (χ4v) is 3.50. The van der Waals surface area contributed by atoms with Crippen LogP contribution in [0.3, 0.4) is 0 Å². The minimum absolute atomic E-state index is 0.204. The lowest BCUT2D eigenvalue weighted by Gasteiger charge is -2.40.